The SMILES string of the molecule is NCc1cnc(-c2cccc(C(=O)NCC3CCNCC3)c2)cn1. The number of carbonyl (C=O) groups is 1. The van der Waals surface area contributed by atoms with Crippen LogP contribution in [0.25, 0.3) is 11.3 Å². The lowest BCUT2D eigenvalue weighted by atomic mass is 9.98. The highest BCUT2D eigenvalue weighted by molar-refractivity contribution is 5.95. The van der Waals surface area contributed by atoms with Gasteiger partial charge in [-0.25, -0.2) is 0 Å². The lowest BCUT2D eigenvalue weighted by Crippen LogP contribution is -2.35. The number of nitrogens with two attached hydrogens (primary N) is 1. The van der Waals surface area contributed by atoms with Crippen molar-refractivity contribution in [3.8, 4) is 11.3 Å². The van der Waals surface area contributed by atoms with Crippen LogP contribution < -0.4 is 16.4 Å². The lowest BCUT2D eigenvalue weighted by molar-refractivity contribution is 0.0944. The van der Waals surface area contributed by atoms with Gasteiger partial charge in [0.05, 0.1) is 23.8 Å². The molecule has 6 heteroatoms. The van der Waals surface area contributed by atoms with Gasteiger partial charge in [-0.3, -0.25) is 14.8 Å². The maximum Gasteiger partial charge on any atom is 0.251 e. The molecule has 2 heterocycles. The molecule has 0 spiro atoms. The maximum absolute atomic E-state index is 12.4. The highest BCUT2D eigenvalue weighted by atomic mass is 16.1. The van der Waals surface area contributed by atoms with Crippen molar-refractivity contribution in [1.29, 1.82) is 0 Å². The van der Waals surface area contributed by atoms with E-state index in [1.54, 1.807) is 12.4 Å². The third kappa shape index (κ3) is 4.15. The third-order valence-electron chi connectivity index (χ3n) is 4.34. The van der Waals surface area contributed by atoms with Gasteiger partial charge in [-0.15, -0.1) is 0 Å². The van der Waals surface area contributed by atoms with Gasteiger partial charge in [0.1, 0.15) is 0 Å². The number of nitrogens with zero attached hydrogens (tertiary/aromatic N) is 2. The van der Waals surface area contributed by atoms with E-state index < -0.39 is 0 Å². The molecule has 3 rings (SSSR count). The average molecular weight is 325 g/mol. The summed E-state index contributed by atoms with van der Waals surface area (Å²) in [5, 5.41) is 6.38. The van der Waals surface area contributed by atoms with Crippen LogP contribution in [-0.2, 0) is 6.54 Å². The molecule has 0 aliphatic carbocycles. The Morgan fingerprint density at radius 1 is 1.25 bits per heavy atom. The van der Waals surface area contributed by atoms with Crippen molar-refractivity contribution >= 4 is 5.91 Å². The van der Waals surface area contributed by atoms with Crippen LogP contribution in [0, 0.1) is 5.92 Å². The van der Waals surface area contributed by atoms with Crippen molar-refractivity contribution in [2.24, 2.45) is 11.7 Å². The first kappa shape index (κ1) is 16.5. The Labute approximate surface area is 141 Å². The molecule has 1 fully saturated rings. The molecule has 126 valence electrons. The molecule has 0 atom stereocenters. The summed E-state index contributed by atoms with van der Waals surface area (Å²) in [5.41, 5.74) is 8.54. The van der Waals surface area contributed by atoms with E-state index in [1.165, 1.54) is 0 Å². The number of carbonyl (C=O) groups excluding carboxylic acids is 1. The fourth-order valence-electron chi connectivity index (χ4n) is 2.85. The Kier molecular flexibility index (Phi) is 5.51. The van der Waals surface area contributed by atoms with Gasteiger partial charge in [-0.2, -0.15) is 0 Å². The number of amides is 1. The fraction of sp³-hybridized carbons (Fsp3) is 0.389. The van der Waals surface area contributed by atoms with Crippen LogP contribution in [0.4, 0.5) is 0 Å². The van der Waals surface area contributed by atoms with Crippen molar-refractivity contribution in [2.45, 2.75) is 19.4 Å². The van der Waals surface area contributed by atoms with Crippen LogP contribution in [0.1, 0.15) is 28.9 Å². The van der Waals surface area contributed by atoms with E-state index in [0.717, 1.165) is 49.4 Å². The molecule has 1 aromatic heterocycles. The zero-order chi connectivity index (χ0) is 16.8. The Morgan fingerprint density at radius 3 is 2.79 bits per heavy atom. The molecule has 1 aliphatic rings. The summed E-state index contributed by atoms with van der Waals surface area (Å²) >= 11 is 0. The number of hydrogen-bond acceptors (Lipinski definition) is 5. The van der Waals surface area contributed by atoms with E-state index >= 15 is 0 Å². The highest BCUT2D eigenvalue weighted by Crippen LogP contribution is 2.18. The van der Waals surface area contributed by atoms with Crippen LogP contribution >= 0.6 is 0 Å². The minimum atomic E-state index is -0.0399. The number of aromatic nitrogens is 2. The summed E-state index contributed by atoms with van der Waals surface area (Å²) in [4.78, 5) is 21.0. The molecule has 1 amide bonds. The highest BCUT2D eigenvalue weighted by Gasteiger charge is 2.15. The van der Waals surface area contributed by atoms with Gasteiger partial charge in [0.15, 0.2) is 0 Å². The summed E-state index contributed by atoms with van der Waals surface area (Å²) in [7, 11) is 0. The molecule has 6 nitrogen and oxygen atoms in total. The molecule has 2 aromatic rings. The Bertz CT molecular complexity index is 680. The lowest BCUT2D eigenvalue weighted by Gasteiger charge is -2.22. The quantitative estimate of drug-likeness (QED) is 0.771. The minimum Gasteiger partial charge on any atom is -0.352 e. The Hall–Kier alpha value is -2.31. The average Bonchev–Trinajstić information content (AvgIpc) is 2.67. The monoisotopic (exact) mass is 325 g/mol. The van der Waals surface area contributed by atoms with Crippen LogP contribution in [0.2, 0.25) is 0 Å². The van der Waals surface area contributed by atoms with Gasteiger partial charge in [-0.05, 0) is 44.0 Å². The number of rotatable bonds is 5. The van der Waals surface area contributed by atoms with Gasteiger partial charge < -0.3 is 16.4 Å². The van der Waals surface area contributed by atoms with Crippen molar-refractivity contribution < 1.29 is 4.79 Å². The minimum absolute atomic E-state index is 0.0399. The number of hydrogen-bond donors (Lipinski definition) is 3. The standard InChI is InChI=1S/C18H23N5O/c19-9-16-11-22-17(12-21-16)14-2-1-3-15(8-14)18(24)23-10-13-4-6-20-7-5-13/h1-3,8,11-13,20H,4-7,9-10,19H2,(H,23,24). The van der Waals surface area contributed by atoms with Crippen LogP contribution in [0.3, 0.4) is 0 Å². The van der Waals surface area contributed by atoms with E-state index in [2.05, 4.69) is 20.6 Å². The second kappa shape index (κ2) is 7.99. The molecule has 0 unspecified atom stereocenters. The topological polar surface area (TPSA) is 92.9 Å². The van der Waals surface area contributed by atoms with Crippen LogP contribution in [-0.4, -0.2) is 35.5 Å². The van der Waals surface area contributed by atoms with Gasteiger partial charge in [0, 0.05) is 24.2 Å². The summed E-state index contributed by atoms with van der Waals surface area (Å²) in [6.45, 7) is 3.17. The van der Waals surface area contributed by atoms with E-state index in [1.807, 2.05) is 24.3 Å². The first-order valence-electron chi connectivity index (χ1n) is 8.36. The smallest absolute Gasteiger partial charge is 0.251 e. The molecule has 0 bridgehead atoms. The third-order valence-corrected chi connectivity index (χ3v) is 4.34. The molecule has 1 aliphatic heterocycles. The molecule has 1 saturated heterocycles. The second-order valence-corrected chi connectivity index (χ2v) is 6.08. The van der Waals surface area contributed by atoms with Gasteiger partial charge in [0.2, 0.25) is 0 Å². The fourth-order valence-corrected chi connectivity index (χ4v) is 2.85. The number of benzene rings is 1. The zero-order valence-electron chi connectivity index (χ0n) is 13.7. The van der Waals surface area contributed by atoms with Gasteiger partial charge in [0.25, 0.3) is 5.91 Å². The summed E-state index contributed by atoms with van der Waals surface area (Å²) in [5.74, 6) is 0.523. The van der Waals surface area contributed by atoms with Gasteiger partial charge >= 0.3 is 0 Å². The molecular weight excluding hydrogens is 302 g/mol. The predicted molar refractivity (Wildman–Crippen MR) is 93.3 cm³/mol. The normalized spacial score (nSPS) is 15.2. The molecule has 1 aromatic carbocycles. The van der Waals surface area contributed by atoms with Crippen LogP contribution in [0.5, 0.6) is 0 Å². The predicted octanol–water partition coefficient (Wildman–Crippen LogP) is 1.33. The van der Waals surface area contributed by atoms with Crippen molar-refractivity contribution in [3.05, 3.63) is 47.9 Å². The second-order valence-electron chi connectivity index (χ2n) is 6.08. The summed E-state index contributed by atoms with van der Waals surface area (Å²) in [6, 6.07) is 7.47. The summed E-state index contributed by atoms with van der Waals surface area (Å²) < 4.78 is 0. The van der Waals surface area contributed by atoms with E-state index in [9.17, 15) is 4.79 Å². The largest absolute Gasteiger partial charge is 0.352 e. The molecular formula is C18H23N5O. The number of nitrogens with one attached hydrogen (secondary N) is 2. The van der Waals surface area contributed by atoms with Crippen molar-refractivity contribution in [1.82, 2.24) is 20.6 Å². The van der Waals surface area contributed by atoms with Gasteiger partial charge in [-0.1, -0.05) is 12.1 Å². The Morgan fingerprint density at radius 2 is 2.08 bits per heavy atom. The molecule has 0 radical (unpaired) electrons. The van der Waals surface area contributed by atoms with Crippen molar-refractivity contribution in [3.63, 3.8) is 0 Å². The molecule has 0 saturated carbocycles. The first-order chi connectivity index (χ1) is 11.8. The van der Waals surface area contributed by atoms with Crippen molar-refractivity contribution in [2.75, 3.05) is 19.6 Å². The van der Waals surface area contributed by atoms with E-state index in [4.69, 9.17) is 5.73 Å². The first-order valence-corrected chi connectivity index (χ1v) is 8.36. The molecule has 24 heavy (non-hydrogen) atoms. The van der Waals surface area contributed by atoms with E-state index in [-0.39, 0.29) is 5.91 Å². The zero-order valence-corrected chi connectivity index (χ0v) is 13.7. The van der Waals surface area contributed by atoms with E-state index in [0.29, 0.717) is 18.0 Å². The maximum atomic E-state index is 12.4. The summed E-state index contributed by atoms with van der Waals surface area (Å²) in [6.07, 6.45) is 5.58. The van der Waals surface area contributed by atoms with Crippen LogP contribution in [0.15, 0.2) is 36.7 Å². The Balaban J connectivity index is 1.66. The number of piperidine rings is 1. The molecule has 4 N–H and O–H groups in total.